The van der Waals surface area contributed by atoms with E-state index in [1.807, 2.05) is 24.3 Å². The number of rotatable bonds is 2. The van der Waals surface area contributed by atoms with Gasteiger partial charge in [0, 0.05) is 6.42 Å². The first kappa shape index (κ1) is 10.1. The van der Waals surface area contributed by atoms with Crippen LogP contribution in [0.15, 0.2) is 52.9 Å². The third kappa shape index (κ3) is 2.07. The molecular formula is C15H13NO. The third-order valence-electron chi connectivity index (χ3n) is 2.81. The summed E-state index contributed by atoms with van der Waals surface area (Å²) >= 11 is 0. The molecule has 2 aromatic carbocycles. The number of aryl methyl sites for hydroxylation is 1. The SMILES string of the molecule is Cc1ccc(Cc2nc3ccccc3o2)cc1. The number of fused-ring (bicyclic) bond motifs is 1. The number of nitrogens with zero attached hydrogens (tertiary/aromatic N) is 1. The van der Waals surface area contributed by atoms with Crippen molar-refractivity contribution in [1.29, 1.82) is 0 Å². The number of aromatic nitrogens is 1. The molecule has 0 saturated carbocycles. The van der Waals surface area contributed by atoms with Gasteiger partial charge in [-0.05, 0) is 24.6 Å². The zero-order valence-electron chi connectivity index (χ0n) is 9.68. The van der Waals surface area contributed by atoms with Crippen molar-refractivity contribution in [3.8, 4) is 0 Å². The Labute approximate surface area is 99.9 Å². The summed E-state index contributed by atoms with van der Waals surface area (Å²) in [7, 11) is 0. The molecule has 0 N–H and O–H groups in total. The van der Waals surface area contributed by atoms with E-state index in [1.54, 1.807) is 0 Å². The van der Waals surface area contributed by atoms with Crippen LogP contribution < -0.4 is 0 Å². The molecule has 2 nitrogen and oxygen atoms in total. The van der Waals surface area contributed by atoms with E-state index in [2.05, 4.69) is 36.2 Å². The van der Waals surface area contributed by atoms with Crippen LogP contribution in [0.3, 0.4) is 0 Å². The molecule has 0 aliphatic rings. The van der Waals surface area contributed by atoms with E-state index in [4.69, 9.17) is 4.42 Å². The van der Waals surface area contributed by atoms with E-state index in [-0.39, 0.29) is 0 Å². The molecule has 0 bridgehead atoms. The van der Waals surface area contributed by atoms with Crippen LogP contribution in [0.25, 0.3) is 11.1 Å². The fourth-order valence-electron chi connectivity index (χ4n) is 1.88. The summed E-state index contributed by atoms with van der Waals surface area (Å²) in [5.74, 6) is 0.773. The minimum absolute atomic E-state index is 0.745. The molecular weight excluding hydrogens is 210 g/mol. The van der Waals surface area contributed by atoms with Crippen molar-refractivity contribution in [2.45, 2.75) is 13.3 Å². The largest absolute Gasteiger partial charge is 0.440 e. The second-order valence-corrected chi connectivity index (χ2v) is 4.24. The molecule has 0 amide bonds. The minimum atomic E-state index is 0.745. The van der Waals surface area contributed by atoms with Crippen molar-refractivity contribution in [2.24, 2.45) is 0 Å². The van der Waals surface area contributed by atoms with Crippen LogP contribution in [0.5, 0.6) is 0 Å². The highest BCUT2D eigenvalue weighted by molar-refractivity contribution is 5.72. The van der Waals surface area contributed by atoms with Crippen LogP contribution in [0.4, 0.5) is 0 Å². The smallest absolute Gasteiger partial charge is 0.199 e. The van der Waals surface area contributed by atoms with E-state index in [0.717, 1.165) is 23.4 Å². The summed E-state index contributed by atoms with van der Waals surface area (Å²) in [5.41, 5.74) is 4.28. The van der Waals surface area contributed by atoms with Crippen molar-refractivity contribution >= 4 is 11.1 Å². The lowest BCUT2D eigenvalue weighted by molar-refractivity contribution is 0.544. The zero-order chi connectivity index (χ0) is 11.7. The quantitative estimate of drug-likeness (QED) is 0.661. The van der Waals surface area contributed by atoms with Gasteiger partial charge >= 0.3 is 0 Å². The lowest BCUT2D eigenvalue weighted by atomic mass is 10.1. The van der Waals surface area contributed by atoms with Gasteiger partial charge in [-0.1, -0.05) is 42.0 Å². The molecule has 17 heavy (non-hydrogen) atoms. The van der Waals surface area contributed by atoms with Gasteiger partial charge in [-0.2, -0.15) is 0 Å². The van der Waals surface area contributed by atoms with Crippen molar-refractivity contribution in [3.05, 3.63) is 65.5 Å². The van der Waals surface area contributed by atoms with Gasteiger partial charge in [0.1, 0.15) is 5.52 Å². The predicted molar refractivity (Wildman–Crippen MR) is 68.0 cm³/mol. The topological polar surface area (TPSA) is 26.0 Å². The average molecular weight is 223 g/mol. The summed E-state index contributed by atoms with van der Waals surface area (Å²) in [5, 5.41) is 0. The Bertz CT molecular complexity index is 604. The zero-order valence-corrected chi connectivity index (χ0v) is 9.68. The van der Waals surface area contributed by atoms with E-state index in [0.29, 0.717) is 0 Å². The van der Waals surface area contributed by atoms with Crippen LogP contribution in [-0.2, 0) is 6.42 Å². The van der Waals surface area contributed by atoms with Crippen molar-refractivity contribution in [3.63, 3.8) is 0 Å². The predicted octanol–water partition coefficient (Wildman–Crippen LogP) is 3.73. The highest BCUT2D eigenvalue weighted by Crippen LogP contribution is 2.17. The molecule has 2 heteroatoms. The lowest BCUT2D eigenvalue weighted by Gasteiger charge is -1.97. The van der Waals surface area contributed by atoms with Crippen LogP contribution in [0.1, 0.15) is 17.0 Å². The normalized spacial score (nSPS) is 10.9. The van der Waals surface area contributed by atoms with E-state index >= 15 is 0 Å². The number of oxazole rings is 1. The highest BCUT2D eigenvalue weighted by Gasteiger charge is 2.05. The maximum Gasteiger partial charge on any atom is 0.199 e. The average Bonchev–Trinajstić information content (AvgIpc) is 2.74. The van der Waals surface area contributed by atoms with E-state index < -0.39 is 0 Å². The Hall–Kier alpha value is -2.09. The second-order valence-electron chi connectivity index (χ2n) is 4.24. The number of para-hydroxylation sites is 2. The van der Waals surface area contributed by atoms with Gasteiger partial charge in [0.25, 0.3) is 0 Å². The molecule has 84 valence electrons. The molecule has 0 unspecified atom stereocenters. The minimum Gasteiger partial charge on any atom is -0.440 e. The standard InChI is InChI=1S/C15H13NO/c1-11-6-8-12(9-7-11)10-15-16-13-4-2-3-5-14(13)17-15/h2-9H,10H2,1H3. The van der Waals surface area contributed by atoms with Crippen LogP contribution in [-0.4, -0.2) is 4.98 Å². The Balaban J connectivity index is 1.92. The van der Waals surface area contributed by atoms with Crippen molar-refractivity contribution in [1.82, 2.24) is 4.98 Å². The fraction of sp³-hybridized carbons (Fsp3) is 0.133. The number of hydrogen-bond acceptors (Lipinski definition) is 2. The Morgan fingerprint density at radius 1 is 1.00 bits per heavy atom. The first-order valence-corrected chi connectivity index (χ1v) is 5.71. The Kier molecular flexibility index (Phi) is 2.41. The third-order valence-corrected chi connectivity index (χ3v) is 2.81. The molecule has 0 atom stereocenters. The number of hydrogen-bond donors (Lipinski definition) is 0. The molecule has 0 spiro atoms. The van der Waals surface area contributed by atoms with Crippen molar-refractivity contribution in [2.75, 3.05) is 0 Å². The van der Waals surface area contributed by atoms with Gasteiger partial charge in [0.15, 0.2) is 11.5 Å². The van der Waals surface area contributed by atoms with Gasteiger partial charge in [-0.3, -0.25) is 0 Å². The molecule has 3 rings (SSSR count). The van der Waals surface area contributed by atoms with Crippen molar-refractivity contribution < 1.29 is 4.42 Å². The summed E-state index contributed by atoms with van der Waals surface area (Å²) in [6.07, 6.45) is 0.745. The molecule has 3 aromatic rings. The van der Waals surface area contributed by atoms with Crippen LogP contribution >= 0.6 is 0 Å². The second kappa shape index (κ2) is 4.06. The number of benzene rings is 2. The summed E-state index contributed by atoms with van der Waals surface area (Å²) < 4.78 is 5.69. The first-order chi connectivity index (χ1) is 8.31. The lowest BCUT2D eigenvalue weighted by Crippen LogP contribution is -1.87. The molecule has 0 saturated heterocycles. The maximum atomic E-state index is 5.69. The fourth-order valence-corrected chi connectivity index (χ4v) is 1.88. The first-order valence-electron chi connectivity index (χ1n) is 5.71. The van der Waals surface area contributed by atoms with E-state index in [1.165, 1.54) is 11.1 Å². The van der Waals surface area contributed by atoms with Crippen LogP contribution in [0.2, 0.25) is 0 Å². The Morgan fingerprint density at radius 3 is 2.53 bits per heavy atom. The monoisotopic (exact) mass is 223 g/mol. The Morgan fingerprint density at radius 2 is 1.76 bits per heavy atom. The van der Waals surface area contributed by atoms with Gasteiger partial charge in [0.2, 0.25) is 0 Å². The van der Waals surface area contributed by atoms with Gasteiger partial charge in [0.05, 0.1) is 0 Å². The highest BCUT2D eigenvalue weighted by atomic mass is 16.3. The maximum absolute atomic E-state index is 5.69. The molecule has 1 aromatic heterocycles. The van der Waals surface area contributed by atoms with Crippen LogP contribution in [0, 0.1) is 6.92 Å². The molecule has 0 aliphatic heterocycles. The molecule has 0 aliphatic carbocycles. The summed E-state index contributed by atoms with van der Waals surface area (Å²) in [6, 6.07) is 16.3. The molecule has 0 fully saturated rings. The van der Waals surface area contributed by atoms with Gasteiger partial charge < -0.3 is 4.42 Å². The summed E-state index contributed by atoms with van der Waals surface area (Å²) in [6.45, 7) is 2.09. The van der Waals surface area contributed by atoms with Gasteiger partial charge in [-0.15, -0.1) is 0 Å². The van der Waals surface area contributed by atoms with Gasteiger partial charge in [-0.25, -0.2) is 4.98 Å². The van der Waals surface area contributed by atoms with E-state index in [9.17, 15) is 0 Å². The molecule has 0 radical (unpaired) electrons. The molecule has 1 heterocycles. The summed E-state index contributed by atoms with van der Waals surface area (Å²) in [4.78, 5) is 4.46.